The molecule has 1 aromatic carbocycles. The first kappa shape index (κ1) is 22.8. The van der Waals surface area contributed by atoms with Gasteiger partial charge >= 0.3 is 5.97 Å². The molecule has 0 unspecified atom stereocenters. The van der Waals surface area contributed by atoms with Crippen molar-refractivity contribution in [2.75, 3.05) is 48.6 Å². The minimum atomic E-state index is -3.48. The van der Waals surface area contributed by atoms with Gasteiger partial charge in [0, 0.05) is 43.3 Å². The van der Waals surface area contributed by atoms with Gasteiger partial charge in [-0.1, -0.05) is 0 Å². The smallest absolute Gasteiger partial charge is 0.336 e. The molecule has 0 aliphatic carbocycles. The Hall–Kier alpha value is -2.92. The SMILES string of the molecule is CC(C)NC(=O)CN1CCN(c2cc(C(=O)O)c3cc(NS(C)(=O)=O)ccc3n2)CC1. The second kappa shape index (κ2) is 9.06. The third-order valence-corrected chi connectivity index (χ3v) is 5.45. The number of nitrogens with zero attached hydrogens (tertiary/aromatic N) is 3. The van der Waals surface area contributed by atoms with Gasteiger partial charge in [0.25, 0.3) is 0 Å². The number of carboxylic acids is 1. The number of aromatic carboxylic acids is 1. The van der Waals surface area contributed by atoms with E-state index in [-0.39, 0.29) is 23.2 Å². The number of benzene rings is 1. The van der Waals surface area contributed by atoms with Gasteiger partial charge in [0.2, 0.25) is 15.9 Å². The lowest BCUT2D eigenvalue weighted by Gasteiger charge is -2.35. The minimum absolute atomic E-state index is 0.0149. The molecule has 1 aliphatic rings. The normalized spacial score (nSPS) is 15.3. The molecule has 3 N–H and O–H groups in total. The van der Waals surface area contributed by atoms with Crippen LogP contribution in [0.5, 0.6) is 0 Å². The number of carbonyl (C=O) groups is 2. The van der Waals surface area contributed by atoms with Crippen molar-refractivity contribution in [2.45, 2.75) is 19.9 Å². The highest BCUT2D eigenvalue weighted by Gasteiger charge is 2.22. The quantitative estimate of drug-likeness (QED) is 0.569. The number of carboxylic acid groups (broad SMARTS) is 1. The van der Waals surface area contributed by atoms with Crippen molar-refractivity contribution in [3.05, 3.63) is 29.8 Å². The molecular weight excluding hydrogens is 422 g/mol. The Labute approximate surface area is 181 Å². The van der Waals surface area contributed by atoms with E-state index in [2.05, 4.69) is 19.9 Å². The zero-order valence-electron chi connectivity index (χ0n) is 17.8. The van der Waals surface area contributed by atoms with E-state index in [9.17, 15) is 23.1 Å². The number of rotatable bonds is 7. The zero-order valence-corrected chi connectivity index (χ0v) is 18.6. The number of carbonyl (C=O) groups excluding carboxylic acids is 1. The molecule has 0 saturated carbocycles. The fourth-order valence-electron chi connectivity index (χ4n) is 3.53. The van der Waals surface area contributed by atoms with E-state index in [4.69, 9.17) is 0 Å². The summed E-state index contributed by atoms with van der Waals surface area (Å²) < 4.78 is 25.3. The Morgan fingerprint density at radius 3 is 2.42 bits per heavy atom. The van der Waals surface area contributed by atoms with Gasteiger partial charge in [0.1, 0.15) is 5.82 Å². The number of fused-ring (bicyclic) bond motifs is 1. The van der Waals surface area contributed by atoms with Gasteiger partial charge in [-0.2, -0.15) is 0 Å². The van der Waals surface area contributed by atoms with Crippen molar-refractivity contribution in [3.63, 3.8) is 0 Å². The highest BCUT2D eigenvalue weighted by Crippen LogP contribution is 2.27. The molecule has 10 nitrogen and oxygen atoms in total. The fraction of sp³-hybridized carbons (Fsp3) is 0.450. The van der Waals surface area contributed by atoms with Crippen LogP contribution in [0.4, 0.5) is 11.5 Å². The second-order valence-corrected chi connectivity index (χ2v) is 9.67. The van der Waals surface area contributed by atoms with E-state index >= 15 is 0 Å². The first-order valence-electron chi connectivity index (χ1n) is 9.94. The molecule has 0 bridgehead atoms. The van der Waals surface area contributed by atoms with Crippen LogP contribution in [0.25, 0.3) is 10.9 Å². The fourth-order valence-corrected chi connectivity index (χ4v) is 4.09. The van der Waals surface area contributed by atoms with Gasteiger partial charge in [-0.25, -0.2) is 18.2 Å². The summed E-state index contributed by atoms with van der Waals surface area (Å²) in [6.45, 7) is 6.70. The average molecular weight is 450 g/mol. The zero-order chi connectivity index (χ0) is 22.8. The summed E-state index contributed by atoms with van der Waals surface area (Å²) in [5.74, 6) is -0.590. The average Bonchev–Trinajstić information content (AvgIpc) is 2.65. The van der Waals surface area contributed by atoms with Crippen LogP contribution in [0, 0.1) is 0 Å². The molecule has 31 heavy (non-hydrogen) atoms. The van der Waals surface area contributed by atoms with E-state index in [1.807, 2.05) is 18.7 Å². The Morgan fingerprint density at radius 1 is 1.16 bits per heavy atom. The van der Waals surface area contributed by atoms with Crippen molar-refractivity contribution >= 4 is 44.3 Å². The van der Waals surface area contributed by atoms with Crippen LogP contribution in [0.3, 0.4) is 0 Å². The molecule has 0 radical (unpaired) electrons. The summed E-state index contributed by atoms with van der Waals surface area (Å²) in [6.07, 6.45) is 1.03. The number of anilines is 2. The first-order valence-corrected chi connectivity index (χ1v) is 11.8. The Morgan fingerprint density at radius 2 is 1.84 bits per heavy atom. The number of hydrogen-bond acceptors (Lipinski definition) is 7. The van der Waals surface area contributed by atoms with Crippen molar-refractivity contribution in [2.24, 2.45) is 0 Å². The Balaban J connectivity index is 1.80. The summed E-state index contributed by atoms with van der Waals surface area (Å²) in [4.78, 5) is 32.5. The lowest BCUT2D eigenvalue weighted by atomic mass is 10.1. The van der Waals surface area contributed by atoms with Crippen molar-refractivity contribution in [1.82, 2.24) is 15.2 Å². The first-order chi connectivity index (χ1) is 14.5. The van der Waals surface area contributed by atoms with Crippen LogP contribution < -0.4 is 14.9 Å². The van der Waals surface area contributed by atoms with E-state index in [1.165, 1.54) is 12.1 Å². The molecule has 3 rings (SSSR count). The number of hydrogen-bond donors (Lipinski definition) is 3. The second-order valence-electron chi connectivity index (χ2n) is 7.92. The summed E-state index contributed by atoms with van der Waals surface area (Å²) in [5, 5.41) is 12.9. The van der Waals surface area contributed by atoms with Crippen LogP contribution in [0.1, 0.15) is 24.2 Å². The van der Waals surface area contributed by atoms with Gasteiger partial charge in [0.05, 0.1) is 23.9 Å². The van der Waals surface area contributed by atoms with Gasteiger partial charge in [-0.05, 0) is 38.1 Å². The largest absolute Gasteiger partial charge is 0.478 e. The maximum atomic E-state index is 12.0. The third kappa shape index (κ3) is 6.05. The monoisotopic (exact) mass is 449 g/mol. The predicted molar refractivity (Wildman–Crippen MR) is 119 cm³/mol. The predicted octanol–water partition coefficient (Wildman–Crippen LogP) is 0.951. The summed E-state index contributed by atoms with van der Waals surface area (Å²) in [6, 6.07) is 6.23. The Bertz CT molecular complexity index is 1090. The Kier molecular flexibility index (Phi) is 6.65. The summed E-state index contributed by atoms with van der Waals surface area (Å²) in [5.41, 5.74) is 0.795. The molecule has 0 atom stereocenters. The number of aromatic nitrogens is 1. The standard InChI is InChI=1S/C20H27N5O5S/c1-13(2)21-19(26)12-24-6-8-25(9-7-24)18-11-16(20(27)28)15-10-14(23-31(3,29)30)4-5-17(15)22-18/h4-5,10-11,13,23H,6-9,12H2,1-3H3,(H,21,26)(H,27,28). The number of pyridine rings is 1. The van der Waals surface area contributed by atoms with E-state index in [0.29, 0.717) is 49.4 Å². The lowest BCUT2D eigenvalue weighted by molar-refractivity contribution is -0.122. The maximum Gasteiger partial charge on any atom is 0.336 e. The van der Waals surface area contributed by atoms with Crippen LogP contribution in [-0.4, -0.2) is 80.3 Å². The van der Waals surface area contributed by atoms with E-state index < -0.39 is 16.0 Å². The molecule has 168 valence electrons. The third-order valence-electron chi connectivity index (χ3n) is 4.84. The molecule has 11 heteroatoms. The molecular formula is C20H27N5O5S. The molecule has 2 heterocycles. The van der Waals surface area contributed by atoms with E-state index in [1.54, 1.807) is 12.1 Å². The lowest BCUT2D eigenvalue weighted by Crippen LogP contribution is -2.50. The van der Waals surface area contributed by atoms with Crippen LogP contribution in [0.15, 0.2) is 24.3 Å². The van der Waals surface area contributed by atoms with Crippen LogP contribution in [0.2, 0.25) is 0 Å². The molecule has 1 aromatic heterocycles. The molecule has 1 aliphatic heterocycles. The van der Waals surface area contributed by atoms with Crippen LogP contribution in [-0.2, 0) is 14.8 Å². The topological polar surface area (TPSA) is 132 Å². The van der Waals surface area contributed by atoms with Gasteiger partial charge in [0.15, 0.2) is 0 Å². The highest BCUT2D eigenvalue weighted by molar-refractivity contribution is 7.92. The molecule has 0 spiro atoms. The van der Waals surface area contributed by atoms with Gasteiger partial charge < -0.3 is 15.3 Å². The van der Waals surface area contributed by atoms with Gasteiger partial charge in [-0.15, -0.1) is 0 Å². The van der Waals surface area contributed by atoms with Crippen molar-refractivity contribution in [3.8, 4) is 0 Å². The van der Waals surface area contributed by atoms with Crippen molar-refractivity contribution < 1.29 is 23.1 Å². The summed E-state index contributed by atoms with van der Waals surface area (Å²) in [7, 11) is -3.48. The highest BCUT2D eigenvalue weighted by atomic mass is 32.2. The van der Waals surface area contributed by atoms with Gasteiger partial charge in [-0.3, -0.25) is 14.4 Å². The number of amides is 1. The maximum absolute atomic E-state index is 12.0. The molecule has 1 saturated heterocycles. The van der Waals surface area contributed by atoms with Crippen LogP contribution >= 0.6 is 0 Å². The minimum Gasteiger partial charge on any atom is -0.478 e. The molecule has 1 fully saturated rings. The molecule has 2 aromatic rings. The molecule has 1 amide bonds. The number of nitrogens with one attached hydrogen (secondary N) is 2. The van der Waals surface area contributed by atoms with E-state index in [0.717, 1.165) is 6.26 Å². The van der Waals surface area contributed by atoms with Crippen molar-refractivity contribution in [1.29, 1.82) is 0 Å². The number of sulfonamides is 1. The summed E-state index contributed by atoms with van der Waals surface area (Å²) >= 11 is 0. The number of piperazine rings is 1.